The zero-order chi connectivity index (χ0) is 34.6. The number of para-hydroxylation sites is 1. The highest BCUT2D eigenvalue weighted by atomic mass is 15.1. The first kappa shape index (κ1) is 30.2. The van der Waals surface area contributed by atoms with Gasteiger partial charge >= 0.3 is 0 Å². The maximum atomic E-state index is 2.49. The van der Waals surface area contributed by atoms with Crippen molar-refractivity contribution in [3.8, 4) is 22.3 Å². The molecule has 248 valence electrons. The number of fused-ring (bicyclic) bond motifs is 9. The lowest BCUT2D eigenvalue weighted by molar-refractivity contribution is 0.660. The van der Waals surface area contributed by atoms with Gasteiger partial charge in [-0.1, -0.05) is 126 Å². The molecule has 0 aliphatic heterocycles. The summed E-state index contributed by atoms with van der Waals surface area (Å²) in [6, 6.07) is 48.1. The topological polar surface area (TPSA) is 8.17 Å². The average Bonchev–Trinajstić information content (AvgIpc) is 3.69. The second-order valence-corrected chi connectivity index (χ2v) is 15.9. The lowest BCUT2D eigenvalue weighted by atomic mass is 9.82. The largest absolute Gasteiger partial charge is 0.310 e. The van der Waals surface area contributed by atoms with Crippen molar-refractivity contribution in [3.63, 3.8) is 0 Å². The zero-order valence-corrected chi connectivity index (χ0v) is 30.0. The molecule has 0 saturated carbocycles. The van der Waals surface area contributed by atoms with E-state index in [9.17, 15) is 0 Å². The standard InChI is InChI=1S/C49H42N2/c1-31-13-12-14-32(27-31)51-46-20-11-8-17-40(46)41-28-33(23-26-47(41)51)50(34-21-24-38-36-15-6-9-18-42(36)48(2,3)44(38)29-34)35-22-25-39-37-16-7-10-19-43(37)49(4,5)45(39)30-35/h6-12,14-31H,13H2,1-5H3. The van der Waals surface area contributed by atoms with E-state index in [-0.39, 0.29) is 10.8 Å². The van der Waals surface area contributed by atoms with E-state index >= 15 is 0 Å². The van der Waals surface area contributed by atoms with E-state index in [2.05, 4.69) is 190 Å². The summed E-state index contributed by atoms with van der Waals surface area (Å²) < 4.78 is 2.45. The smallest absolute Gasteiger partial charge is 0.0542 e. The third kappa shape index (κ3) is 4.29. The molecule has 7 aromatic rings. The van der Waals surface area contributed by atoms with E-state index in [1.165, 1.54) is 83.4 Å². The molecular formula is C49H42N2. The van der Waals surface area contributed by atoms with E-state index in [1.807, 2.05) is 0 Å². The lowest BCUT2D eigenvalue weighted by Crippen LogP contribution is -2.18. The maximum Gasteiger partial charge on any atom is 0.0542 e. The van der Waals surface area contributed by atoms with Crippen molar-refractivity contribution in [1.29, 1.82) is 0 Å². The monoisotopic (exact) mass is 658 g/mol. The molecule has 51 heavy (non-hydrogen) atoms. The van der Waals surface area contributed by atoms with Gasteiger partial charge in [0, 0.05) is 44.4 Å². The molecule has 0 fully saturated rings. The van der Waals surface area contributed by atoms with Crippen LogP contribution in [0, 0.1) is 5.92 Å². The SMILES string of the molecule is CC1C=C(n2c3ccccc3c3cc(N(c4ccc5c(c4)C(C)(C)c4ccccc4-5)c4ccc5c(c4)C(C)(C)c4ccccc4-5)ccc32)C=CC1. The molecule has 0 spiro atoms. The molecular weight excluding hydrogens is 617 g/mol. The summed E-state index contributed by atoms with van der Waals surface area (Å²) in [7, 11) is 0. The molecule has 2 nitrogen and oxygen atoms in total. The Hall–Kier alpha value is -5.60. The summed E-state index contributed by atoms with van der Waals surface area (Å²) >= 11 is 0. The fraction of sp³-hybridized carbons (Fsp3) is 0.184. The Kier molecular flexibility index (Phi) is 6.35. The van der Waals surface area contributed by atoms with Crippen molar-refractivity contribution in [2.75, 3.05) is 4.90 Å². The normalized spacial score (nSPS) is 17.6. The number of nitrogens with zero attached hydrogens (tertiary/aromatic N) is 2. The van der Waals surface area contributed by atoms with Crippen molar-refractivity contribution in [1.82, 2.24) is 4.57 Å². The first-order chi connectivity index (χ1) is 24.7. The summed E-state index contributed by atoms with van der Waals surface area (Å²) in [5.74, 6) is 0.515. The van der Waals surface area contributed by atoms with Gasteiger partial charge in [0.15, 0.2) is 0 Å². The van der Waals surface area contributed by atoms with Crippen LogP contribution in [0.1, 0.15) is 63.3 Å². The van der Waals surface area contributed by atoms with Gasteiger partial charge in [0.1, 0.15) is 0 Å². The number of hydrogen-bond acceptors (Lipinski definition) is 1. The molecule has 0 amide bonds. The fourth-order valence-electron chi connectivity index (χ4n) is 9.46. The van der Waals surface area contributed by atoms with Gasteiger partial charge in [0.25, 0.3) is 0 Å². The third-order valence-corrected chi connectivity index (χ3v) is 12.1. The van der Waals surface area contributed by atoms with Crippen molar-refractivity contribution < 1.29 is 0 Å². The van der Waals surface area contributed by atoms with Crippen LogP contribution in [-0.4, -0.2) is 4.57 Å². The molecule has 3 aliphatic rings. The van der Waals surface area contributed by atoms with E-state index in [1.54, 1.807) is 0 Å². The number of benzene rings is 6. The summed E-state index contributed by atoms with van der Waals surface area (Å²) in [6.07, 6.45) is 8.12. The first-order valence-electron chi connectivity index (χ1n) is 18.4. The van der Waals surface area contributed by atoms with Gasteiger partial charge in [-0.2, -0.15) is 0 Å². The molecule has 3 aliphatic carbocycles. The molecule has 1 unspecified atom stereocenters. The Bertz CT molecular complexity index is 2530. The van der Waals surface area contributed by atoms with E-state index in [4.69, 9.17) is 0 Å². The van der Waals surface area contributed by atoms with E-state index < -0.39 is 0 Å². The van der Waals surface area contributed by atoms with Gasteiger partial charge < -0.3 is 9.47 Å². The Morgan fingerprint density at radius 3 is 1.67 bits per heavy atom. The van der Waals surface area contributed by atoms with Crippen LogP contribution in [0.4, 0.5) is 17.1 Å². The molecule has 6 aromatic carbocycles. The first-order valence-corrected chi connectivity index (χ1v) is 18.4. The van der Waals surface area contributed by atoms with E-state index in [0.717, 1.165) is 12.1 Å². The molecule has 0 N–H and O–H groups in total. The van der Waals surface area contributed by atoms with Crippen molar-refractivity contribution in [3.05, 3.63) is 168 Å². The second kappa shape index (κ2) is 10.7. The highest BCUT2D eigenvalue weighted by Gasteiger charge is 2.37. The molecule has 0 radical (unpaired) electrons. The van der Waals surface area contributed by atoms with Crippen LogP contribution >= 0.6 is 0 Å². The minimum atomic E-state index is -0.0923. The number of anilines is 3. The molecule has 1 heterocycles. The summed E-state index contributed by atoms with van der Waals surface area (Å²) in [5.41, 5.74) is 18.0. The molecule has 0 saturated heterocycles. The number of allylic oxidation sites excluding steroid dienone is 4. The molecule has 1 aromatic heterocycles. The Balaban J connectivity index is 1.20. The van der Waals surface area contributed by atoms with Crippen molar-refractivity contribution >= 4 is 44.6 Å². The minimum Gasteiger partial charge on any atom is -0.310 e. The van der Waals surface area contributed by atoms with Gasteiger partial charge in [0.05, 0.1) is 11.0 Å². The van der Waals surface area contributed by atoms with Gasteiger partial charge in [0.2, 0.25) is 0 Å². The van der Waals surface area contributed by atoms with Crippen LogP contribution in [0.3, 0.4) is 0 Å². The second-order valence-electron chi connectivity index (χ2n) is 15.9. The Morgan fingerprint density at radius 2 is 1.04 bits per heavy atom. The quantitative estimate of drug-likeness (QED) is 0.183. The Labute approximate surface area is 301 Å². The fourth-order valence-corrected chi connectivity index (χ4v) is 9.46. The number of hydrogen-bond donors (Lipinski definition) is 0. The van der Waals surface area contributed by atoms with Crippen molar-refractivity contribution in [2.45, 2.75) is 51.9 Å². The maximum absolute atomic E-state index is 2.49. The lowest BCUT2D eigenvalue weighted by Gasteiger charge is -2.30. The molecule has 0 bridgehead atoms. The highest BCUT2D eigenvalue weighted by molar-refractivity contribution is 6.12. The van der Waals surface area contributed by atoms with Crippen LogP contribution in [-0.2, 0) is 10.8 Å². The van der Waals surface area contributed by atoms with Crippen molar-refractivity contribution in [2.24, 2.45) is 5.92 Å². The van der Waals surface area contributed by atoms with Crippen LogP contribution in [0.15, 0.2) is 146 Å². The van der Waals surface area contributed by atoms with Crippen LogP contribution in [0.25, 0.3) is 49.8 Å². The summed E-state index contributed by atoms with van der Waals surface area (Å²) in [4.78, 5) is 2.49. The Morgan fingerprint density at radius 1 is 0.529 bits per heavy atom. The van der Waals surface area contributed by atoms with Crippen LogP contribution in [0.2, 0.25) is 0 Å². The molecule has 2 heteroatoms. The van der Waals surface area contributed by atoms with Crippen LogP contribution < -0.4 is 4.90 Å². The number of aromatic nitrogens is 1. The molecule has 1 atom stereocenters. The van der Waals surface area contributed by atoms with Crippen LogP contribution in [0.5, 0.6) is 0 Å². The number of rotatable bonds is 4. The average molecular weight is 659 g/mol. The summed E-state index contributed by atoms with van der Waals surface area (Å²) in [6.45, 7) is 11.8. The van der Waals surface area contributed by atoms with Gasteiger partial charge in [-0.05, 0) is 111 Å². The van der Waals surface area contributed by atoms with Gasteiger partial charge in [-0.3, -0.25) is 0 Å². The van der Waals surface area contributed by atoms with E-state index in [0.29, 0.717) is 5.92 Å². The van der Waals surface area contributed by atoms with Gasteiger partial charge in [-0.25, -0.2) is 0 Å². The predicted molar refractivity (Wildman–Crippen MR) is 216 cm³/mol. The third-order valence-electron chi connectivity index (χ3n) is 12.1. The minimum absolute atomic E-state index is 0.0923. The zero-order valence-electron chi connectivity index (χ0n) is 30.0. The predicted octanol–water partition coefficient (Wildman–Crippen LogP) is 13.3. The highest BCUT2D eigenvalue weighted by Crippen LogP contribution is 2.53. The summed E-state index contributed by atoms with van der Waals surface area (Å²) in [5, 5.41) is 2.54. The molecule has 10 rings (SSSR count). The van der Waals surface area contributed by atoms with Gasteiger partial charge in [-0.15, -0.1) is 0 Å².